The van der Waals surface area contributed by atoms with Gasteiger partial charge in [-0.1, -0.05) is 48.0 Å². The average Bonchev–Trinajstić information content (AvgIpc) is 3.03. The second-order valence-corrected chi connectivity index (χ2v) is 7.66. The van der Waals surface area contributed by atoms with Gasteiger partial charge in [0.2, 0.25) is 0 Å². The van der Waals surface area contributed by atoms with Gasteiger partial charge in [0, 0.05) is 35.4 Å². The number of rotatable bonds is 3. The van der Waals surface area contributed by atoms with E-state index in [0.29, 0.717) is 0 Å². The molecular weight excluding hydrogens is 347 g/mol. The van der Waals surface area contributed by atoms with Gasteiger partial charge in [-0.25, -0.2) is 4.39 Å². The molecule has 1 aliphatic rings. The predicted molar refractivity (Wildman–Crippen MR) is 113 cm³/mol. The fraction of sp³-hybridized carbons (Fsp3) is 0.200. The summed E-state index contributed by atoms with van der Waals surface area (Å²) in [6.07, 6.45) is 1.01. The number of para-hydroxylation sites is 1. The van der Waals surface area contributed by atoms with Crippen LogP contribution in [0.4, 0.5) is 10.1 Å². The predicted octanol–water partition coefficient (Wildman–Crippen LogP) is 5.70. The van der Waals surface area contributed by atoms with Gasteiger partial charge in [0.15, 0.2) is 0 Å². The van der Waals surface area contributed by atoms with Crippen LogP contribution in [0.1, 0.15) is 22.4 Å². The van der Waals surface area contributed by atoms with Crippen molar-refractivity contribution in [2.24, 2.45) is 0 Å². The smallest absolute Gasteiger partial charge is 0.123 e. The third-order valence-corrected chi connectivity index (χ3v) is 5.82. The van der Waals surface area contributed by atoms with Gasteiger partial charge in [0.05, 0.1) is 6.54 Å². The second kappa shape index (κ2) is 6.83. The molecule has 0 aliphatic carbocycles. The topological polar surface area (TPSA) is 8.17 Å². The first kappa shape index (κ1) is 17.1. The summed E-state index contributed by atoms with van der Waals surface area (Å²) in [7, 11) is 0. The maximum atomic E-state index is 13.3. The molecule has 0 bridgehead atoms. The Morgan fingerprint density at radius 2 is 1.64 bits per heavy atom. The monoisotopic (exact) mass is 370 g/mol. The molecule has 3 heteroatoms. The normalized spacial score (nSPS) is 13.7. The van der Waals surface area contributed by atoms with E-state index in [1.807, 2.05) is 12.1 Å². The number of halogens is 1. The lowest BCUT2D eigenvalue weighted by Crippen LogP contribution is -2.31. The highest BCUT2D eigenvalue weighted by Crippen LogP contribution is 2.33. The zero-order valence-corrected chi connectivity index (χ0v) is 16.0. The fourth-order valence-electron chi connectivity index (χ4n) is 4.32. The highest BCUT2D eigenvalue weighted by Gasteiger charge is 2.24. The summed E-state index contributed by atoms with van der Waals surface area (Å²) in [5.41, 5.74) is 7.81. The molecule has 0 saturated carbocycles. The van der Waals surface area contributed by atoms with E-state index in [-0.39, 0.29) is 5.82 Å². The van der Waals surface area contributed by atoms with Gasteiger partial charge in [-0.2, -0.15) is 0 Å². The summed E-state index contributed by atoms with van der Waals surface area (Å²) in [6.45, 7) is 4.79. The van der Waals surface area contributed by atoms with E-state index in [1.54, 1.807) is 12.1 Å². The van der Waals surface area contributed by atoms with E-state index in [1.165, 1.54) is 33.3 Å². The molecule has 0 atom stereocenters. The van der Waals surface area contributed by atoms with Crippen molar-refractivity contribution in [1.29, 1.82) is 0 Å². The number of anilines is 1. The van der Waals surface area contributed by atoms with Gasteiger partial charge in [0.1, 0.15) is 5.82 Å². The molecule has 0 spiro atoms. The minimum absolute atomic E-state index is 0.185. The van der Waals surface area contributed by atoms with Crippen LogP contribution in [0.5, 0.6) is 0 Å². The van der Waals surface area contributed by atoms with E-state index in [9.17, 15) is 4.39 Å². The van der Waals surface area contributed by atoms with Crippen molar-refractivity contribution in [3.05, 3.63) is 101 Å². The van der Waals surface area contributed by atoms with Crippen molar-refractivity contribution in [2.45, 2.75) is 26.4 Å². The van der Waals surface area contributed by atoms with E-state index < -0.39 is 0 Å². The van der Waals surface area contributed by atoms with Gasteiger partial charge in [0.25, 0.3) is 0 Å². The molecule has 0 fully saturated rings. The molecule has 3 aromatic carbocycles. The van der Waals surface area contributed by atoms with E-state index in [0.717, 1.165) is 31.7 Å². The van der Waals surface area contributed by atoms with Crippen molar-refractivity contribution in [3.63, 3.8) is 0 Å². The van der Waals surface area contributed by atoms with Gasteiger partial charge >= 0.3 is 0 Å². The van der Waals surface area contributed by atoms with Crippen LogP contribution in [0, 0.1) is 12.7 Å². The van der Waals surface area contributed by atoms with Crippen molar-refractivity contribution in [1.82, 2.24) is 4.57 Å². The quantitative estimate of drug-likeness (QED) is 0.449. The number of hydrogen-bond acceptors (Lipinski definition) is 1. The number of fused-ring (bicyclic) bond motifs is 3. The lowest BCUT2D eigenvalue weighted by Gasteiger charge is -2.30. The molecule has 5 rings (SSSR count). The van der Waals surface area contributed by atoms with E-state index in [4.69, 9.17) is 0 Å². The number of nitrogens with zero attached hydrogens (tertiary/aromatic N) is 2. The van der Waals surface area contributed by atoms with Crippen LogP contribution in [0.25, 0.3) is 10.9 Å². The Hall–Kier alpha value is -3.07. The maximum Gasteiger partial charge on any atom is 0.123 e. The molecule has 1 aromatic heterocycles. The van der Waals surface area contributed by atoms with Gasteiger partial charge < -0.3 is 9.47 Å². The van der Waals surface area contributed by atoms with E-state index in [2.05, 4.69) is 64.9 Å². The number of aryl methyl sites for hydroxylation is 1. The maximum absolute atomic E-state index is 13.3. The van der Waals surface area contributed by atoms with Crippen LogP contribution in [0.3, 0.4) is 0 Å². The Balaban J connectivity index is 1.57. The van der Waals surface area contributed by atoms with Crippen molar-refractivity contribution < 1.29 is 4.39 Å². The molecule has 4 aromatic rings. The first-order valence-corrected chi connectivity index (χ1v) is 9.84. The standard InChI is InChI=1S/C25H23FN2/c1-18-6-8-19(9-7-18)16-28-24-5-3-2-4-22(24)23-14-15-27(17-25(23)28)21-12-10-20(26)11-13-21/h2-13H,14-17H2,1H3. The summed E-state index contributed by atoms with van der Waals surface area (Å²) in [4.78, 5) is 2.35. The zero-order valence-electron chi connectivity index (χ0n) is 16.0. The van der Waals surface area contributed by atoms with Crippen molar-refractivity contribution >= 4 is 16.6 Å². The third kappa shape index (κ3) is 2.97. The van der Waals surface area contributed by atoms with Crippen LogP contribution in [0.15, 0.2) is 72.8 Å². The van der Waals surface area contributed by atoms with Gasteiger partial charge in [-0.05, 0) is 54.8 Å². The molecule has 140 valence electrons. The molecule has 0 radical (unpaired) electrons. The Labute approximate surface area is 164 Å². The molecule has 28 heavy (non-hydrogen) atoms. The number of aromatic nitrogens is 1. The zero-order chi connectivity index (χ0) is 19.1. The molecule has 2 nitrogen and oxygen atoms in total. The molecule has 0 saturated heterocycles. The van der Waals surface area contributed by atoms with Crippen LogP contribution < -0.4 is 4.90 Å². The lowest BCUT2D eigenvalue weighted by atomic mass is 10.0. The third-order valence-electron chi connectivity index (χ3n) is 5.82. The molecular formula is C25H23FN2. The first-order chi connectivity index (χ1) is 13.7. The Kier molecular flexibility index (Phi) is 4.16. The number of benzene rings is 3. The average molecular weight is 370 g/mol. The van der Waals surface area contributed by atoms with Crippen LogP contribution in [-0.2, 0) is 19.5 Å². The summed E-state index contributed by atoms with van der Waals surface area (Å²) in [5, 5.41) is 1.36. The molecule has 0 amide bonds. The van der Waals surface area contributed by atoms with Gasteiger partial charge in [-0.15, -0.1) is 0 Å². The summed E-state index contributed by atoms with van der Waals surface area (Å²) in [5.74, 6) is -0.185. The molecule has 1 aliphatic heterocycles. The summed E-state index contributed by atoms with van der Waals surface area (Å²) >= 11 is 0. The summed E-state index contributed by atoms with van der Waals surface area (Å²) < 4.78 is 15.8. The molecule has 0 N–H and O–H groups in total. The Morgan fingerprint density at radius 3 is 2.43 bits per heavy atom. The summed E-state index contributed by atoms with van der Waals surface area (Å²) in [6, 6.07) is 24.4. The minimum Gasteiger partial charge on any atom is -0.365 e. The van der Waals surface area contributed by atoms with Crippen molar-refractivity contribution in [3.8, 4) is 0 Å². The van der Waals surface area contributed by atoms with Crippen LogP contribution in [0.2, 0.25) is 0 Å². The molecule has 2 heterocycles. The highest BCUT2D eigenvalue weighted by atomic mass is 19.1. The Bertz CT molecular complexity index is 1120. The number of hydrogen-bond donors (Lipinski definition) is 0. The Morgan fingerprint density at radius 1 is 0.893 bits per heavy atom. The van der Waals surface area contributed by atoms with Crippen LogP contribution >= 0.6 is 0 Å². The second-order valence-electron chi connectivity index (χ2n) is 7.66. The fourth-order valence-corrected chi connectivity index (χ4v) is 4.32. The van der Waals surface area contributed by atoms with E-state index >= 15 is 0 Å². The minimum atomic E-state index is -0.185. The van der Waals surface area contributed by atoms with Crippen LogP contribution in [-0.4, -0.2) is 11.1 Å². The molecule has 0 unspecified atom stereocenters. The highest BCUT2D eigenvalue weighted by molar-refractivity contribution is 5.86. The van der Waals surface area contributed by atoms with Gasteiger partial charge in [-0.3, -0.25) is 0 Å². The SMILES string of the molecule is Cc1ccc(Cn2c3c(c4ccccc42)CCN(c2ccc(F)cc2)C3)cc1. The van der Waals surface area contributed by atoms with Crippen molar-refractivity contribution in [2.75, 3.05) is 11.4 Å². The lowest BCUT2D eigenvalue weighted by molar-refractivity contribution is 0.626. The largest absolute Gasteiger partial charge is 0.365 e. The first-order valence-electron chi connectivity index (χ1n) is 9.84.